The minimum absolute atomic E-state index is 0.0861. The van der Waals surface area contributed by atoms with Crippen LogP contribution < -0.4 is 4.74 Å². The summed E-state index contributed by atoms with van der Waals surface area (Å²) in [4.78, 5) is 0. The number of benzene rings is 1. The maximum atomic E-state index is 8.89. The van der Waals surface area contributed by atoms with E-state index >= 15 is 0 Å². The van der Waals surface area contributed by atoms with Crippen molar-refractivity contribution < 1.29 is 9.84 Å². The zero-order chi connectivity index (χ0) is 11.8. The highest BCUT2D eigenvalue weighted by atomic mass is 16.5. The number of hydrogen-bond donors (Lipinski definition) is 1. The van der Waals surface area contributed by atoms with Crippen molar-refractivity contribution >= 4 is 5.57 Å². The highest BCUT2D eigenvalue weighted by Crippen LogP contribution is 2.39. The van der Waals surface area contributed by atoms with Gasteiger partial charge in [0.05, 0.1) is 13.2 Å². The van der Waals surface area contributed by atoms with Gasteiger partial charge in [-0.25, -0.2) is 0 Å². The molecule has 1 aromatic carbocycles. The smallest absolute Gasteiger partial charge is 0.123 e. The first-order valence-corrected chi connectivity index (χ1v) is 5.60. The topological polar surface area (TPSA) is 29.5 Å². The summed E-state index contributed by atoms with van der Waals surface area (Å²) in [7, 11) is 0. The van der Waals surface area contributed by atoms with Gasteiger partial charge in [0.15, 0.2) is 0 Å². The van der Waals surface area contributed by atoms with E-state index in [0.717, 1.165) is 23.5 Å². The molecule has 2 nitrogen and oxygen atoms in total. The van der Waals surface area contributed by atoms with Gasteiger partial charge < -0.3 is 9.84 Å². The van der Waals surface area contributed by atoms with E-state index in [4.69, 9.17) is 9.84 Å². The van der Waals surface area contributed by atoms with Gasteiger partial charge in [0.1, 0.15) is 5.75 Å². The molecule has 0 unspecified atom stereocenters. The fourth-order valence-electron chi connectivity index (χ4n) is 2.02. The highest BCUT2D eigenvalue weighted by Gasteiger charge is 2.31. The molecule has 1 aliphatic heterocycles. The molecule has 1 aliphatic rings. The normalized spacial score (nSPS) is 18.1. The fourth-order valence-corrected chi connectivity index (χ4v) is 2.02. The van der Waals surface area contributed by atoms with E-state index in [1.165, 1.54) is 5.56 Å². The first kappa shape index (κ1) is 11.2. The van der Waals surface area contributed by atoms with Crippen LogP contribution in [0.15, 0.2) is 24.3 Å². The summed E-state index contributed by atoms with van der Waals surface area (Å²) in [6.07, 6.45) is 1.82. The SMILES string of the molecule is CC(=CCO)c1ccc2c(c1)C(C)(C)CO2. The van der Waals surface area contributed by atoms with Gasteiger partial charge in [0.25, 0.3) is 0 Å². The van der Waals surface area contributed by atoms with Crippen LogP contribution >= 0.6 is 0 Å². The zero-order valence-corrected chi connectivity index (χ0v) is 10.1. The first-order valence-electron chi connectivity index (χ1n) is 5.60. The van der Waals surface area contributed by atoms with Crippen LogP contribution in [-0.4, -0.2) is 18.3 Å². The van der Waals surface area contributed by atoms with Gasteiger partial charge in [-0.15, -0.1) is 0 Å². The van der Waals surface area contributed by atoms with Gasteiger partial charge in [-0.05, 0) is 30.2 Å². The minimum Gasteiger partial charge on any atom is -0.492 e. The van der Waals surface area contributed by atoms with Crippen LogP contribution in [0.2, 0.25) is 0 Å². The molecule has 0 saturated heterocycles. The summed E-state index contributed by atoms with van der Waals surface area (Å²) in [5.41, 5.74) is 3.61. The van der Waals surface area contributed by atoms with Crippen molar-refractivity contribution in [3.05, 3.63) is 35.4 Å². The minimum atomic E-state index is 0.0861. The van der Waals surface area contributed by atoms with Crippen molar-refractivity contribution in [2.75, 3.05) is 13.2 Å². The monoisotopic (exact) mass is 218 g/mol. The van der Waals surface area contributed by atoms with Crippen molar-refractivity contribution in [2.45, 2.75) is 26.2 Å². The van der Waals surface area contributed by atoms with E-state index in [2.05, 4.69) is 19.9 Å². The van der Waals surface area contributed by atoms with E-state index < -0.39 is 0 Å². The maximum absolute atomic E-state index is 8.89. The summed E-state index contributed by atoms with van der Waals surface area (Å²) in [5, 5.41) is 8.89. The maximum Gasteiger partial charge on any atom is 0.123 e. The molecule has 0 amide bonds. The Balaban J connectivity index is 2.43. The Morgan fingerprint density at radius 1 is 1.50 bits per heavy atom. The van der Waals surface area contributed by atoms with Crippen molar-refractivity contribution in [3.8, 4) is 5.75 Å². The zero-order valence-electron chi connectivity index (χ0n) is 10.1. The second-order valence-corrected chi connectivity index (χ2v) is 4.95. The van der Waals surface area contributed by atoms with Crippen molar-refractivity contribution in [2.24, 2.45) is 0 Å². The lowest BCUT2D eigenvalue weighted by Gasteiger charge is -2.16. The van der Waals surface area contributed by atoms with Gasteiger partial charge in [0, 0.05) is 11.0 Å². The Labute approximate surface area is 96.6 Å². The predicted octanol–water partition coefficient (Wildman–Crippen LogP) is 2.75. The lowest BCUT2D eigenvalue weighted by Crippen LogP contribution is -2.18. The average Bonchev–Trinajstić information content (AvgIpc) is 2.55. The van der Waals surface area contributed by atoms with E-state index in [1.807, 2.05) is 25.1 Å². The van der Waals surface area contributed by atoms with Crippen LogP contribution in [0.25, 0.3) is 5.57 Å². The molecule has 86 valence electrons. The van der Waals surface area contributed by atoms with Crippen molar-refractivity contribution in [1.82, 2.24) is 0 Å². The van der Waals surface area contributed by atoms with Crippen LogP contribution in [0.4, 0.5) is 0 Å². The number of ether oxygens (including phenoxy) is 1. The van der Waals surface area contributed by atoms with Gasteiger partial charge in [-0.3, -0.25) is 0 Å². The predicted molar refractivity (Wildman–Crippen MR) is 65.7 cm³/mol. The van der Waals surface area contributed by atoms with E-state index in [1.54, 1.807) is 0 Å². The molecule has 0 aliphatic carbocycles. The Hall–Kier alpha value is -1.28. The summed E-state index contributed by atoms with van der Waals surface area (Å²) in [5.74, 6) is 0.991. The number of allylic oxidation sites excluding steroid dienone is 1. The Morgan fingerprint density at radius 2 is 2.25 bits per heavy atom. The molecule has 1 N–H and O–H groups in total. The quantitative estimate of drug-likeness (QED) is 0.827. The molecule has 2 rings (SSSR count). The van der Waals surface area contributed by atoms with Crippen molar-refractivity contribution in [1.29, 1.82) is 0 Å². The van der Waals surface area contributed by atoms with E-state index in [-0.39, 0.29) is 12.0 Å². The Morgan fingerprint density at radius 3 is 2.94 bits per heavy atom. The largest absolute Gasteiger partial charge is 0.492 e. The molecule has 0 radical (unpaired) electrons. The Kier molecular flexibility index (Phi) is 2.76. The van der Waals surface area contributed by atoms with Crippen LogP contribution in [0, 0.1) is 0 Å². The Bertz CT molecular complexity index is 430. The average molecular weight is 218 g/mol. The standard InChI is InChI=1S/C14H18O2/c1-10(6-7-15)11-4-5-13-12(8-11)14(2,3)9-16-13/h4-6,8,15H,7,9H2,1-3H3. The molecule has 0 spiro atoms. The molecule has 16 heavy (non-hydrogen) atoms. The third-order valence-electron chi connectivity index (χ3n) is 3.15. The third-order valence-corrected chi connectivity index (χ3v) is 3.15. The molecule has 0 bridgehead atoms. The summed E-state index contributed by atoms with van der Waals surface area (Å²) in [6.45, 7) is 7.22. The van der Waals surface area contributed by atoms with Gasteiger partial charge in [-0.1, -0.05) is 26.0 Å². The lowest BCUT2D eigenvalue weighted by atomic mass is 9.85. The lowest BCUT2D eigenvalue weighted by molar-refractivity contribution is 0.291. The molecule has 0 fully saturated rings. The van der Waals surface area contributed by atoms with Gasteiger partial charge >= 0.3 is 0 Å². The van der Waals surface area contributed by atoms with Crippen LogP contribution in [0.3, 0.4) is 0 Å². The van der Waals surface area contributed by atoms with Crippen LogP contribution in [0.5, 0.6) is 5.75 Å². The number of aliphatic hydroxyl groups excluding tert-OH is 1. The number of fused-ring (bicyclic) bond motifs is 1. The first-order chi connectivity index (χ1) is 7.54. The molecule has 1 heterocycles. The molecule has 1 aromatic rings. The van der Waals surface area contributed by atoms with Crippen LogP contribution in [0.1, 0.15) is 31.9 Å². The molecular formula is C14H18O2. The van der Waals surface area contributed by atoms with E-state index in [9.17, 15) is 0 Å². The third kappa shape index (κ3) is 1.85. The van der Waals surface area contributed by atoms with Gasteiger partial charge in [-0.2, -0.15) is 0 Å². The highest BCUT2D eigenvalue weighted by molar-refractivity contribution is 5.66. The number of rotatable bonds is 2. The molecule has 2 heteroatoms. The number of hydrogen-bond acceptors (Lipinski definition) is 2. The second-order valence-electron chi connectivity index (χ2n) is 4.95. The fraction of sp³-hybridized carbons (Fsp3) is 0.429. The summed E-state index contributed by atoms with van der Waals surface area (Å²) < 4.78 is 5.64. The number of aliphatic hydroxyl groups is 1. The van der Waals surface area contributed by atoms with Crippen LogP contribution in [-0.2, 0) is 5.41 Å². The molecular weight excluding hydrogens is 200 g/mol. The molecule has 0 aromatic heterocycles. The van der Waals surface area contributed by atoms with E-state index in [0.29, 0.717) is 0 Å². The molecule has 0 saturated carbocycles. The summed E-state index contributed by atoms with van der Waals surface area (Å²) in [6, 6.07) is 6.24. The second kappa shape index (κ2) is 3.95. The van der Waals surface area contributed by atoms with Gasteiger partial charge in [0.2, 0.25) is 0 Å². The van der Waals surface area contributed by atoms with Crippen molar-refractivity contribution in [3.63, 3.8) is 0 Å². The molecule has 0 atom stereocenters. The summed E-state index contributed by atoms with van der Waals surface area (Å²) >= 11 is 0.